The summed E-state index contributed by atoms with van der Waals surface area (Å²) in [6.45, 7) is 19.2. The lowest BCUT2D eigenvalue weighted by atomic mass is 9.54. The van der Waals surface area contributed by atoms with Crippen molar-refractivity contribution in [2.24, 2.45) is 0 Å². The first-order valence-corrected chi connectivity index (χ1v) is 32.1. The quantitative estimate of drug-likeness (QED) is 0.142. The number of hydrogen-bond acceptors (Lipinski definition) is 5. The molecule has 444 valence electrons. The van der Waals surface area contributed by atoms with Gasteiger partial charge in [0.05, 0.1) is 22.4 Å². The zero-order valence-corrected chi connectivity index (χ0v) is 53.4. The van der Waals surface area contributed by atoms with Crippen molar-refractivity contribution in [3.63, 3.8) is 0 Å². The fraction of sp³-hybridized carbons (Fsp3) is 0.138. The molecule has 0 atom stereocenters. The molecule has 12 aromatic carbocycles. The van der Waals surface area contributed by atoms with Crippen LogP contribution in [-0.2, 0) is 21.7 Å². The molecule has 0 aliphatic heterocycles. The number of benzene rings is 12. The molecular formula is C87H71N5. The van der Waals surface area contributed by atoms with E-state index in [1.807, 2.05) is 60.7 Å². The number of hydrogen-bond donors (Lipinski definition) is 0. The number of nitrogens with zero attached hydrogens (tertiary/aromatic N) is 5. The van der Waals surface area contributed by atoms with Crippen LogP contribution in [0.3, 0.4) is 0 Å². The van der Waals surface area contributed by atoms with Crippen molar-refractivity contribution in [3.8, 4) is 112 Å². The Morgan fingerprint density at radius 2 is 0.717 bits per heavy atom. The van der Waals surface area contributed by atoms with Gasteiger partial charge in [0.1, 0.15) is 0 Å². The molecule has 2 aliphatic carbocycles. The van der Waals surface area contributed by atoms with Gasteiger partial charge in [-0.05, 0) is 118 Å². The summed E-state index contributed by atoms with van der Waals surface area (Å²) in [6, 6.07) is 101. The smallest absolute Gasteiger partial charge is 0.164 e. The van der Waals surface area contributed by atoms with Crippen LogP contribution >= 0.6 is 0 Å². The highest BCUT2D eigenvalue weighted by atomic mass is 15.0. The van der Waals surface area contributed by atoms with Gasteiger partial charge in [0, 0.05) is 38.6 Å². The molecule has 14 aromatic rings. The van der Waals surface area contributed by atoms with Gasteiger partial charge < -0.3 is 0 Å². The minimum atomic E-state index is -0.134. The third-order valence-electron chi connectivity index (χ3n) is 20.7. The van der Waals surface area contributed by atoms with Crippen molar-refractivity contribution in [2.45, 2.75) is 77.0 Å². The molecule has 0 bridgehead atoms. The molecule has 0 N–H and O–H groups in total. The third-order valence-corrected chi connectivity index (χ3v) is 20.7. The summed E-state index contributed by atoms with van der Waals surface area (Å²) in [7, 11) is 0. The van der Waals surface area contributed by atoms with Gasteiger partial charge >= 0.3 is 0 Å². The van der Waals surface area contributed by atoms with Crippen LogP contribution in [0.1, 0.15) is 77.6 Å². The molecular weight excluding hydrogens is 1110 g/mol. The van der Waals surface area contributed by atoms with E-state index in [0.717, 1.165) is 66.8 Å². The Hall–Kier alpha value is -10.8. The molecule has 0 saturated carbocycles. The Morgan fingerprint density at radius 1 is 0.239 bits per heavy atom. The van der Waals surface area contributed by atoms with Gasteiger partial charge in [-0.2, -0.15) is 0 Å². The molecule has 5 nitrogen and oxygen atoms in total. The lowest BCUT2D eigenvalue weighted by Gasteiger charge is -2.49. The molecule has 2 heterocycles. The van der Waals surface area contributed by atoms with E-state index in [2.05, 4.69) is 280 Å². The van der Waals surface area contributed by atoms with Crippen LogP contribution in [0.4, 0.5) is 0 Å². The van der Waals surface area contributed by atoms with Crippen molar-refractivity contribution in [2.75, 3.05) is 0 Å². The maximum Gasteiger partial charge on any atom is 0.164 e. The predicted octanol–water partition coefficient (Wildman–Crippen LogP) is 22.5. The first-order valence-electron chi connectivity index (χ1n) is 32.1. The van der Waals surface area contributed by atoms with Gasteiger partial charge in [-0.15, -0.1) is 0 Å². The van der Waals surface area contributed by atoms with Crippen molar-refractivity contribution in [1.82, 2.24) is 24.9 Å². The maximum atomic E-state index is 5.43. The second kappa shape index (κ2) is 22.6. The molecule has 0 saturated heterocycles. The van der Waals surface area contributed by atoms with E-state index in [4.69, 9.17) is 24.9 Å². The van der Waals surface area contributed by atoms with Gasteiger partial charge in [0.15, 0.2) is 17.5 Å². The number of fused-ring (bicyclic) bond motifs is 9. The van der Waals surface area contributed by atoms with Crippen molar-refractivity contribution < 1.29 is 0 Å². The van der Waals surface area contributed by atoms with Crippen LogP contribution in [-0.4, -0.2) is 24.9 Å². The summed E-state index contributed by atoms with van der Waals surface area (Å²) in [6.07, 6.45) is 0. The summed E-state index contributed by atoms with van der Waals surface area (Å²) >= 11 is 0. The second-order valence-electron chi connectivity index (χ2n) is 26.7. The monoisotopic (exact) mass is 1190 g/mol. The van der Waals surface area contributed by atoms with Gasteiger partial charge in [0.2, 0.25) is 0 Å². The first-order chi connectivity index (χ1) is 44.7. The highest BCUT2D eigenvalue weighted by molar-refractivity contribution is 6.06. The molecule has 2 aliphatic rings. The van der Waals surface area contributed by atoms with Crippen LogP contribution < -0.4 is 0 Å². The van der Waals surface area contributed by atoms with E-state index in [-0.39, 0.29) is 21.7 Å². The van der Waals surface area contributed by atoms with Crippen LogP contribution in [0.15, 0.2) is 285 Å². The van der Waals surface area contributed by atoms with E-state index in [0.29, 0.717) is 17.5 Å². The fourth-order valence-corrected chi connectivity index (χ4v) is 14.4. The third kappa shape index (κ3) is 9.65. The lowest BCUT2D eigenvalue weighted by Crippen LogP contribution is -2.44. The highest BCUT2D eigenvalue weighted by Gasteiger charge is 2.48. The Labute approximate surface area is 540 Å². The molecule has 0 radical (unpaired) electrons. The number of rotatable bonds is 8. The van der Waals surface area contributed by atoms with Crippen LogP contribution in [0.25, 0.3) is 134 Å². The zero-order valence-electron chi connectivity index (χ0n) is 53.4. The lowest BCUT2D eigenvalue weighted by molar-refractivity contribution is 0.299. The largest absolute Gasteiger partial charge is 0.244 e. The molecule has 0 amide bonds. The number of aromatic nitrogens is 5. The van der Waals surface area contributed by atoms with Crippen molar-refractivity contribution in [3.05, 3.63) is 307 Å². The first kappa shape index (κ1) is 57.7. The van der Waals surface area contributed by atoms with Crippen molar-refractivity contribution >= 4 is 21.8 Å². The van der Waals surface area contributed by atoms with Gasteiger partial charge in [-0.25, -0.2) is 24.9 Å². The van der Waals surface area contributed by atoms with E-state index in [1.165, 1.54) is 72.1 Å². The second-order valence-corrected chi connectivity index (χ2v) is 26.7. The standard InChI is InChI=1S/C45H37N3.C42H34N2/c1-44(2)39-28-27-33(29-38(39)36-26-16-25-35(40(36)45(44,3)4)30-17-8-5-9-18-30)34-23-14-15-24-37(34)43-47-41(31-19-10-6-11-20-31)46-42(48-43)32-21-12-7-13-22-32;1-41(2)34-21-13-20-31(27-14-7-5-8-15-27)37(34)33-24-22-30(26-35(33)42(41,3)4)39-38(29-17-9-6-10-18-29)43-36-25-23-28-16-11-12-19-32(28)40(36)44-39/h5-29H,1-4H3;5-26H,1-4H3. The summed E-state index contributed by atoms with van der Waals surface area (Å²) in [5.41, 5.74) is 26.3. The fourth-order valence-electron chi connectivity index (χ4n) is 14.4. The highest BCUT2D eigenvalue weighted by Crippen LogP contribution is 2.59. The summed E-state index contributed by atoms with van der Waals surface area (Å²) in [5.74, 6) is 1.97. The molecule has 0 unspecified atom stereocenters. The topological polar surface area (TPSA) is 64.5 Å². The summed E-state index contributed by atoms with van der Waals surface area (Å²) in [5, 5.41) is 2.30. The SMILES string of the molecule is CC1(C)c2cc(-c3nc4c(ccc5ccccc54)nc3-c3ccccc3)ccc2-c2c(-c3ccccc3)cccc2C1(C)C.CC1(C)c2ccc(-c3ccccc3-c3nc(-c4ccccc4)nc(-c4ccccc4)n3)cc2-c2cccc(-c3ccccc3)c2C1(C)C. The average molecular weight is 1190 g/mol. The normalized spacial score (nSPS) is 14.4. The molecule has 92 heavy (non-hydrogen) atoms. The van der Waals surface area contributed by atoms with Gasteiger partial charge in [0.25, 0.3) is 0 Å². The molecule has 0 spiro atoms. The summed E-state index contributed by atoms with van der Waals surface area (Å²) in [4.78, 5) is 25.8. The molecule has 5 heteroatoms. The van der Waals surface area contributed by atoms with Crippen LogP contribution in [0.5, 0.6) is 0 Å². The van der Waals surface area contributed by atoms with Crippen molar-refractivity contribution in [1.29, 1.82) is 0 Å². The Bertz CT molecular complexity index is 5070. The average Bonchev–Trinajstić information content (AvgIpc) is 0.712. The molecule has 16 rings (SSSR count). The minimum Gasteiger partial charge on any atom is -0.244 e. The van der Waals surface area contributed by atoms with E-state index in [9.17, 15) is 0 Å². The van der Waals surface area contributed by atoms with E-state index >= 15 is 0 Å². The van der Waals surface area contributed by atoms with E-state index < -0.39 is 0 Å². The Kier molecular flexibility index (Phi) is 14.2. The maximum absolute atomic E-state index is 5.43. The van der Waals surface area contributed by atoms with Gasteiger partial charge in [-0.3, -0.25) is 0 Å². The summed E-state index contributed by atoms with van der Waals surface area (Å²) < 4.78 is 0. The Balaban J connectivity index is 0.000000153. The van der Waals surface area contributed by atoms with Crippen LogP contribution in [0.2, 0.25) is 0 Å². The molecule has 0 fully saturated rings. The molecule has 2 aromatic heterocycles. The Morgan fingerprint density at radius 3 is 1.37 bits per heavy atom. The van der Waals surface area contributed by atoms with Gasteiger partial charge in [-0.1, -0.05) is 322 Å². The van der Waals surface area contributed by atoms with E-state index in [1.54, 1.807) is 0 Å². The minimum absolute atomic E-state index is 0.103. The van der Waals surface area contributed by atoms with Crippen LogP contribution in [0, 0.1) is 0 Å². The predicted molar refractivity (Wildman–Crippen MR) is 383 cm³/mol. The zero-order chi connectivity index (χ0) is 62.9.